The number of thioether (sulfide) groups is 1. The van der Waals surface area contributed by atoms with E-state index in [4.69, 9.17) is 5.10 Å². The third-order valence-corrected chi connectivity index (χ3v) is 8.38. The number of imidazole rings is 1. The van der Waals surface area contributed by atoms with Gasteiger partial charge in [0.2, 0.25) is 0 Å². The van der Waals surface area contributed by atoms with Crippen LogP contribution in [0.2, 0.25) is 0 Å². The summed E-state index contributed by atoms with van der Waals surface area (Å²) < 4.78 is 1.86. The van der Waals surface area contributed by atoms with Gasteiger partial charge in [0.15, 0.2) is 10.8 Å². The number of rotatable bonds is 5. The van der Waals surface area contributed by atoms with Gasteiger partial charge in [-0.1, -0.05) is 19.1 Å². The number of carbonyl (C=O) groups excluding carboxylic acids is 1. The fraction of sp³-hybridized carbons (Fsp3) is 0.429. The van der Waals surface area contributed by atoms with Crippen molar-refractivity contribution in [1.29, 1.82) is 0 Å². The van der Waals surface area contributed by atoms with Crippen LogP contribution >= 0.6 is 11.8 Å². The normalized spacial score (nSPS) is 20.3. The van der Waals surface area contributed by atoms with Gasteiger partial charge in [0.25, 0.3) is 5.91 Å². The van der Waals surface area contributed by atoms with E-state index in [0.29, 0.717) is 4.91 Å². The molecule has 6 rings (SSSR count). The van der Waals surface area contributed by atoms with Crippen molar-refractivity contribution in [1.82, 2.24) is 24.4 Å². The van der Waals surface area contributed by atoms with E-state index in [0.717, 1.165) is 79.9 Å². The summed E-state index contributed by atoms with van der Waals surface area (Å²) in [6.07, 6.45) is 8.49. The fourth-order valence-electron chi connectivity index (χ4n) is 5.30. The molecular weight excluding hydrogens is 482 g/mol. The van der Waals surface area contributed by atoms with Gasteiger partial charge in [0.1, 0.15) is 0 Å². The summed E-state index contributed by atoms with van der Waals surface area (Å²) in [7, 11) is 0. The summed E-state index contributed by atoms with van der Waals surface area (Å²) in [5.74, 6) is -0.176. The monoisotopic (exact) mass is 515 g/mol. The molecular formula is C28H33N7OS. The molecule has 3 aliphatic rings. The van der Waals surface area contributed by atoms with Crippen LogP contribution < -0.4 is 4.90 Å². The standard InChI is InChI=1S/C28H33N7OS/c1-2-12-32-15-17-33(18-16-32)23-9-6-21(7-10-23)24-20-29-26-11-8-22(31-35(24)26)19-25-27(36)30-28(37-25)34-13-4-3-5-14-34/h6-11,19-20H,2-5,12-18H2,1H3/b25-19-. The number of aromatic nitrogens is 3. The van der Waals surface area contributed by atoms with Gasteiger partial charge in [0.05, 0.1) is 22.5 Å². The van der Waals surface area contributed by atoms with E-state index >= 15 is 0 Å². The van der Waals surface area contributed by atoms with Gasteiger partial charge in [-0.25, -0.2) is 9.50 Å². The number of hydrogen-bond donors (Lipinski definition) is 0. The minimum absolute atomic E-state index is 0.176. The third kappa shape index (κ3) is 5.15. The number of fused-ring (bicyclic) bond motifs is 1. The maximum absolute atomic E-state index is 12.6. The smallest absolute Gasteiger partial charge is 0.286 e. The average Bonchev–Trinajstić information content (AvgIpc) is 3.53. The molecule has 2 saturated heterocycles. The van der Waals surface area contributed by atoms with Gasteiger partial charge in [-0.15, -0.1) is 0 Å². The lowest BCUT2D eigenvalue weighted by Crippen LogP contribution is -2.46. The predicted octanol–water partition coefficient (Wildman–Crippen LogP) is 4.38. The first-order valence-electron chi connectivity index (χ1n) is 13.4. The number of likely N-dealkylation sites (tertiary alicyclic amines) is 1. The molecule has 192 valence electrons. The number of carbonyl (C=O) groups is 1. The number of benzene rings is 1. The van der Waals surface area contributed by atoms with E-state index in [1.54, 1.807) is 0 Å². The highest BCUT2D eigenvalue weighted by Gasteiger charge is 2.27. The van der Waals surface area contributed by atoms with Crippen LogP contribution in [0.15, 0.2) is 52.5 Å². The van der Waals surface area contributed by atoms with Crippen LogP contribution in [0.4, 0.5) is 5.69 Å². The molecule has 2 fully saturated rings. The average molecular weight is 516 g/mol. The first-order valence-corrected chi connectivity index (χ1v) is 14.2. The molecule has 37 heavy (non-hydrogen) atoms. The van der Waals surface area contributed by atoms with Crippen molar-refractivity contribution >= 4 is 40.2 Å². The number of amides is 1. The molecule has 0 radical (unpaired) electrons. The van der Waals surface area contributed by atoms with Gasteiger partial charge >= 0.3 is 0 Å². The number of amidine groups is 1. The van der Waals surface area contributed by atoms with Crippen LogP contribution in [0.1, 0.15) is 38.3 Å². The molecule has 0 aliphatic carbocycles. The Labute approximate surface area is 222 Å². The fourth-order valence-corrected chi connectivity index (χ4v) is 6.25. The lowest BCUT2D eigenvalue weighted by molar-refractivity contribution is -0.113. The van der Waals surface area contributed by atoms with E-state index in [9.17, 15) is 4.79 Å². The zero-order chi connectivity index (χ0) is 25.2. The number of aliphatic imine (C=N–C) groups is 1. The second kappa shape index (κ2) is 10.7. The highest BCUT2D eigenvalue weighted by Crippen LogP contribution is 2.31. The van der Waals surface area contributed by atoms with E-state index in [1.165, 1.54) is 36.8 Å². The molecule has 2 aromatic heterocycles. The molecule has 9 heteroatoms. The van der Waals surface area contributed by atoms with Crippen molar-refractivity contribution in [2.24, 2.45) is 4.99 Å². The molecule has 5 heterocycles. The molecule has 0 saturated carbocycles. The number of anilines is 1. The molecule has 8 nitrogen and oxygen atoms in total. The maximum Gasteiger partial charge on any atom is 0.286 e. The van der Waals surface area contributed by atoms with Crippen LogP contribution in [-0.4, -0.2) is 81.3 Å². The second-order valence-electron chi connectivity index (χ2n) is 9.91. The van der Waals surface area contributed by atoms with Crippen molar-refractivity contribution < 1.29 is 4.79 Å². The number of piperidine rings is 1. The Balaban J connectivity index is 1.19. The van der Waals surface area contributed by atoms with Crippen LogP contribution in [0.5, 0.6) is 0 Å². The SMILES string of the molecule is CCCN1CCN(c2ccc(-c3cnc4ccc(/C=C5\SC(N6CCCCC6)=NC5=O)nn34)cc2)CC1. The van der Waals surface area contributed by atoms with E-state index < -0.39 is 0 Å². The molecule has 1 aromatic carbocycles. The molecule has 0 N–H and O–H groups in total. The highest BCUT2D eigenvalue weighted by atomic mass is 32.2. The first kappa shape index (κ1) is 24.2. The third-order valence-electron chi connectivity index (χ3n) is 7.34. The van der Waals surface area contributed by atoms with Gasteiger partial charge in [-0.3, -0.25) is 9.69 Å². The summed E-state index contributed by atoms with van der Waals surface area (Å²) >= 11 is 1.46. The van der Waals surface area contributed by atoms with Gasteiger partial charge in [-0.05, 0) is 74.3 Å². The van der Waals surface area contributed by atoms with Crippen molar-refractivity contribution in [2.45, 2.75) is 32.6 Å². The van der Waals surface area contributed by atoms with E-state index in [2.05, 4.69) is 55.9 Å². The van der Waals surface area contributed by atoms with Crippen LogP contribution in [0.3, 0.4) is 0 Å². The van der Waals surface area contributed by atoms with Gasteiger partial charge in [-0.2, -0.15) is 10.1 Å². The number of piperazine rings is 1. The van der Waals surface area contributed by atoms with Crippen molar-refractivity contribution in [3.8, 4) is 11.3 Å². The zero-order valence-electron chi connectivity index (χ0n) is 21.3. The minimum Gasteiger partial charge on any atom is -0.369 e. The lowest BCUT2D eigenvalue weighted by atomic mass is 10.1. The molecule has 0 unspecified atom stereocenters. The molecule has 0 bridgehead atoms. The Bertz CT molecular complexity index is 1330. The Morgan fingerprint density at radius 2 is 1.70 bits per heavy atom. The maximum atomic E-state index is 12.6. The predicted molar refractivity (Wildman–Crippen MR) is 151 cm³/mol. The minimum atomic E-state index is -0.176. The Morgan fingerprint density at radius 1 is 0.919 bits per heavy atom. The van der Waals surface area contributed by atoms with Crippen molar-refractivity contribution in [2.75, 3.05) is 50.7 Å². The first-order chi connectivity index (χ1) is 18.2. The van der Waals surface area contributed by atoms with Crippen LogP contribution in [0.25, 0.3) is 23.0 Å². The van der Waals surface area contributed by atoms with Crippen molar-refractivity contribution in [3.63, 3.8) is 0 Å². The largest absolute Gasteiger partial charge is 0.369 e. The summed E-state index contributed by atoms with van der Waals surface area (Å²) in [5.41, 5.74) is 4.77. The molecule has 0 atom stereocenters. The number of hydrogen-bond acceptors (Lipinski definition) is 7. The summed E-state index contributed by atoms with van der Waals surface area (Å²) in [4.78, 5) is 29.3. The Hall–Kier alpha value is -3.17. The van der Waals surface area contributed by atoms with Gasteiger partial charge in [0, 0.05) is 50.5 Å². The summed E-state index contributed by atoms with van der Waals surface area (Å²) in [6.45, 7) is 9.75. The van der Waals surface area contributed by atoms with Crippen LogP contribution in [0, 0.1) is 0 Å². The quantitative estimate of drug-likeness (QED) is 0.467. The zero-order valence-corrected chi connectivity index (χ0v) is 22.2. The van der Waals surface area contributed by atoms with E-state index in [-0.39, 0.29) is 5.91 Å². The Morgan fingerprint density at radius 3 is 2.46 bits per heavy atom. The highest BCUT2D eigenvalue weighted by molar-refractivity contribution is 8.18. The van der Waals surface area contributed by atoms with Crippen molar-refractivity contribution in [3.05, 3.63) is 53.2 Å². The topological polar surface area (TPSA) is 69.3 Å². The molecule has 1 amide bonds. The molecule has 3 aliphatic heterocycles. The molecule has 0 spiro atoms. The van der Waals surface area contributed by atoms with E-state index in [1.807, 2.05) is 28.9 Å². The lowest BCUT2D eigenvalue weighted by Gasteiger charge is -2.36. The van der Waals surface area contributed by atoms with Crippen LogP contribution in [-0.2, 0) is 4.79 Å². The molecule has 3 aromatic rings. The number of nitrogens with zero attached hydrogens (tertiary/aromatic N) is 7. The summed E-state index contributed by atoms with van der Waals surface area (Å²) in [5, 5.41) is 5.64. The summed E-state index contributed by atoms with van der Waals surface area (Å²) in [6, 6.07) is 12.6. The Kier molecular flexibility index (Phi) is 6.97. The van der Waals surface area contributed by atoms with Gasteiger partial charge < -0.3 is 9.80 Å². The second-order valence-corrected chi connectivity index (χ2v) is 10.9.